The fraction of sp³-hybridized carbons (Fsp3) is 0.727. The van der Waals surface area contributed by atoms with Gasteiger partial charge in [-0.3, -0.25) is 9.89 Å². The molecule has 0 aromatic carbocycles. The molecule has 0 saturated heterocycles. The molecule has 3 N–H and O–H groups in total. The van der Waals surface area contributed by atoms with Crippen molar-refractivity contribution >= 4 is 17.7 Å². The van der Waals surface area contributed by atoms with Crippen LogP contribution in [0, 0.1) is 12.8 Å². The maximum absolute atomic E-state index is 11.6. The summed E-state index contributed by atoms with van der Waals surface area (Å²) in [4.78, 5) is 15.8. The van der Waals surface area contributed by atoms with Crippen molar-refractivity contribution < 1.29 is 9.90 Å². The number of aryl methyl sites for hydroxylation is 1. The number of carboxylic acids is 1. The lowest BCUT2D eigenvalue weighted by Gasteiger charge is -2.29. The molecule has 0 aliphatic heterocycles. The van der Waals surface area contributed by atoms with Gasteiger partial charge in [-0.2, -0.15) is 0 Å². The number of carbonyl (C=O) groups is 1. The molecule has 1 aliphatic carbocycles. The third kappa shape index (κ3) is 2.67. The van der Waals surface area contributed by atoms with E-state index in [1.807, 2.05) is 13.8 Å². The van der Waals surface area contributed by atoms with Crippen LogP contribution >= 0.6 is 11.8 Å². The van der Waals surface area contributed by atoms with E-state index in [1.165, 1.54) is 11.8 Å². The number of likely N-dealkylation sites (N-methyl/N-ethyl adjacent to an activating group) is 1. The van der Waals surface area contributed by atoms with Gasteiger partial charge in [-0.15, -0.1) is 5.10 Å². The Kier molecular flexibility index (Phi) is 3.91. The Bertz CT molecular complexity index is 432. The highest BCUT2D eigenvalue weighted by atomic mass is 32.2. The summed E-state index contributed by atoms with van der Waals surface area (Å²) < 4.78 is 0. The van der Waals surface area contributed by atoms with Gasteiger partial charge >= 0.3 is 5.97 Å². The quantitative estimate of drug-likeness (QED) is 0.641. The van der Waals surface area contributed by atoms with Crippen molar-refractivity contribution in [1.82, 2.24) is 20.5 Å². The maximum atomic E-state index is 11.6. The van der Waals surface area contributed by atoms with Crippen LogP contribution in [0.3, 0.4) is 0 Å². The Morgan fingerprint density at radius 2 is 2.39 bits per heavy atom. The van der Waals surface area contributed by atoms with E-state index in [0.29, 0.717) is 17.5 Å². The van der Waals surface area contributed by atoms with E-state index in [2.05, 4.69) is 20.5 Å². The normalized spacial score (nSPS) is 18.6. The van der Waals surface area contributed by atoms with Crippen molar-refractivity contribution in [2.24, 2.45) is 5.92 Å². The number of aromatic amines is 1. The molecule has 0 bridgehead atoms. The van der Waals surface area contributed by atoms with Crippen LogP contribution in [-0.4, -0.2) is 44.1 Å². The minimum atomic E-state index is -0.839. The van der Waals surface area contributed by atoms with E-state index in [4.69, 9.17) is 0 Å². The summed E-state index contributed by atoms with van der Waals surface area (Å²) in [5, 5.41) is 20.1. The van der Waals surface area contributed by atoms with Crippen LogP contribution in [0.25, 0.3) is 0 Å². The highest BCUT2D eigenvalue weighted by Gasteiger charge is 2.50. The molecule has 1 aliphatic rings. The molecular formula is C11H18N4O2S. The molecular weight excluding hydrogens is 252 g/mol. The Balaban J connectivity index is 2.07. The number of hydrogen-bond acceptors (Lipinski definition) is 5. The van der Waals surface area contributed by atoms with Crippen LogP contribution in [0.15, 0.2) is 5.16 Å². The molecule has 6 nitrogen and oxygen atoms in total. The van der Waals surface area contributed by atoms with Gasteiger partial charge in [0.15, 0.2) is 0 Å². The summed E-state index contributed by atoms with van der Waals surface area (Å²) >= 11 is 1.39. The summed E-state index contributed by atoms with van der Waals surface area (Å²) in [6.07, 6.45) is 1.96. The molecule has 100 valence electrons. The zero-order valence-corrected chi connectivity index (χ0v) is 11.4. The molecule has 1 aromatic heterocycles. The molecule has 18 heavy (non-hydrogen) atoms. The second-order valence-corrected chi connectivity index (χ2v) is 5.52. The number of rotatable bonds is 7. The van der Waals surface area contributed by atoms with Gasteiger partial charge in [-0.25, -0.2) is 4.98 Å². The van der Waals surface area contributed by atoms with E-state index < -0.39 is 11.5 Å². The topological polar surface area (TPSA) is 90.9 Å². The molecule has 1 unspecified atom stereocenters. The Labute approximate surface area is 110 Å². The summed E-state index contributed by atoms with van der Waals surface area (Å²) in [7, 11) is 0. The minimum Gasteiger partial charge on any atom is -0.480 e. The molecule has 0 spiro atoms. The van der Waals surface area contributed by atoms with Crippen LogP contribution in [0.1, 0.15) is 25.6 Å². The zero-order valence-electron chi connectivity index (χ0n) is 10.6. The van der Waals surface area contributed by atoms with Crippen LogP contribution in [0.4, 0.5) is 0 Å². The van der Waals surface area contributed by atoms with Crippen LogP contribution in [-0.2, 0) is 4.79 Å². The largest absolute Gasteiger partial charge is 0.480 e. The van der Waals surface area contributed by atoms with Gasteiger partial charge in [0.25, 0.3) is 0 Å². The van der Waals surface area contributed by atoms with Gasteiger partial charge in [-0.1, -0.05) is 18.7 Å². The summed E-state index contributed by atoms with van der Waals surface area (Å²) in [5.41, 5.74) is -0.839. The molecule has 1 saturated carbocycles. The lowest BCUT2D eigenvalue weighted by Crippen LogP contribution is -2.56. The average Bonchev–Trinajstić information content (AvgIpc) is 3.08. The number of aliphatic carboxylic acids is 1. The van der Waals surface area contributed by atoms with Gasteiger partial charge < -0.3 is 10.4 Å². The standard InChI is InChI=1S/C11H18N4O2S/c1-3-12-11(9(16)17,8-4-5-8)6-18-10-13-7(2)14-15-10/h8,12H,3-6H2,1-2H3,(H,16,17)(H,13,14,15). The Morgan fingerprint density at radius 3 is 2.83 bits per heavy atom. The third-order valence-electron chi connectivity index (χ3n) is 3.15. The molecule has 1 heterocycles. The Morgan fingerprint density at radius 1 is 1.67 bits per heavy atom. The number of H-pyrrole nitrogens is 1. The molecule has 2 rings (SSSR count). The maximum Gasteiger partial charge on any atom is 0.325 e. The zero-order chi connectivity index (χ0) is 13.2. The van der Waals surface area contributed by atoms with Crippen LogP contribution < -0.4 is 5.32 Å². The van der Waals surface area contributed by atoms with E-state index in [1.54, 1.807) is 0 Å². The molecule has 1 aromatic rings. The van der Waals surface area contributed by atoms with Gasteiger partial charge in [-0.05, 0) is 32.2 Å². The van der Waals surface area contributed by atoms with E-state index >= 15 is 0 Å². The van der Waals surface area contributed by atoms with E-state index in [-0.39, 0.29) is 5.92 Å². The van der Waals surface area contributed by atoms with Crippen molar-refractivity contribution in [3.8, 4) is 0 Å². The SMILES string of the molecule is CCNC(CSc1n[nH]c(C)n1)(C(=O)O)C1CC1. The van der Waals surface area contributed by atoms with E-state index in [9.17, 15) is 9.90 Å². The van der Waals surface area contributed by atoms with Crippen LogP contribution in [0.5, 0.6) is 0 Å². The second kappa shape index (κ2) is 5.27. The summed E-state index contributed by atoms with van der Waals surface area (Å²) in [6, 6.07) is 0. The monoisotopic (exact) mass is 270 g/mol. The summed E-state index contributed by atoms with van der Waals surface area (Å²) in [5.74, 6) is 0.653. The molecule has 0 radical (unpaired) electrons. The molecule has 1 atom stereocenters. The fourth-order valence-corrected chi connectivity index (χ4v) is 3.21. The van der Waals surface area contributed by atoms with Crippen molar-refractivity contribution in [1.29, 1.82) is 0 Å². The lowest BCUT2D eigenvalue weighted by atomic mass is 9.96. The smallest absolute Gasteiger partial charge is 0.325 e. The number of aromatic nitrogens is 3. The van der Waals surface area contributed by atoms with Crippen molar-refractivity contribution in [2.45, 2.75) is 37.4 Å². The number of thioether (sulfide) groups is 1. The summed E-state index contributed by atoms with van der Waals surface area (Å²) in [6.45, 7) is 4.41. The minimum absolute atomic E-state index is 0.225. The first-order chi connectivity index (χ1) is 8.58. The van der Waals surface area contributed by atoms with Crippen LogP contribution in [0.2, 0.25) is 0 Å². The fourth-order valence-electron chi connectivity index (χ4n) is 2.08. The first-order valence-corrected chi connectivity index (χ1v) is 7.07. The second-order valence-electron chi connectivity index (χ2n) is 4.57. The van der Waals surface area contributed by atoms with Gasteiger partial charge in [0, 0.05) is 5.75 Å². The van der Waals surface area contributed by atoms with E-state index in [0.717, 1.165) is 18.7 Å². The molecule has 0 amide bonds. The van der Waals surface area contributed by atoms with Crippen molar-refractivity contribution in [3.05, 3.63) is 5.82 Å². The highest BCUT2D eigenvalue weighted by Crippen LogP contribution is 2.42. The predicted octanol–water partition coefficient (Wildman–Crippen LogP) is 1.05. The van der Waals surface area contributed by atoms with Gasteiger partial charge in [0.05, 0.1) is 0 Å². The first-order valence-electron chi connectivity index (χ1n) is 6.08. The number of nitrogens with zero attached hydrogens (tertiary/aromatic N) is 2. The van der Waals surface area contributed by atoms with Gasteiger partial charge in [0.1, 0.15) is 11.4 Å². The number of hydrogen-bond donors (Lipinski definition) is 3. The lowest BCUT2D eigenvalue weighted by molar-refractivity contribution is -0.144. The third-order valence-corrected chi connectivity index (χ3v) is 4.19. The molecule has 1 fully saturated rings. The average molecular weight is 270 g/mol. The molecule has 7 heteroatoms. The predicted molar refractivity (Wildman–Crippen MR) is 68.6 cm³/mol. The number of carboxylic acid groups (broad SMARTS) is 1. The van der Waals surface area contributed by atoms with Crippen molar-refractivity contribution in [3.63, 3.8) is 0 Å². The van der Waals surface area contributed by atoms with Gasteiger partial charge in [0.2, 0.25) is 5.16 Å². The first kappa shape index (κ1) is 13.4. The number of nitrogens with one attached hydrogen (secondary N) is 2. The van der Waals surface area contributed by atoms with Crippen molar-refractivity contribution in [2.75, 3.05) is 12.3 Å². The Hall–Kier alpha value is -1.08. The highest BCUT2D eigenvalue weighted by molar-refractivity contribution is 7.99.